The lowest BCUT2D eigenvalue weighted by Gasteiger charge is -2.24. The Labute approximate surface area is 74.6 Å². The van der Waals surface area contributed by atoms with Gasteiger partial charge in [0.25, 0.3) is 0 Å². The lowest BCUT2D eigenvalue weighted by atomic mass is 10.1. The van der Waals surface area contributed by atoms with Gasteiger partial charge >= 0.3 is 7.32 Å². The summed E-state index contributed by atoms with van der Waals surface area (Å²) in [7, 11) is -0.416. The van der Waals surface area contributed by atoms with Crippen LogP contribution in [-0.4, -0.2) is 26.6 Å². The van der Waals surface area contributed by atoms with Gasteiger partial charge in [-0.25, -0.2) is 0 Å². The van der Waals surface area contributed by atoms with Crippen LogP contribution >= 0.6 is 0 Å². The summed E-state index contributed by atoms with van der Waals surface area (Å²) in [5.74, 6) is 0. The van der Waals surface area contributed by atoms with Gasteiger partial charge in [-0.3, -0.25) is 0 Å². The average Bonchev–Trinajstić information content (AvgIpc) is 2.05. The summed E-state index contributed by atoms with van der Waals surface area (Å²) in [4.78, 5) is 0. The SMILES string of the molecule is CCCCOB1OCCC(C)O1. The quantitative estimate of drug-likeness (QED) is 0.476. The van der Waals surface area contributed by atoms with Gasteiger partial charge in [-0.15, -0.1) is 0 Å². The van der Waals surface area contributed by atoms with E-state index < -0.39 is 7.32 Å². The standard InChI is InChI=1S/C8H17BO3/c1-3-4-6-10-9-11-7-5-8(2)12-9/h8H,3-7H2,1-2H3. The molecule has 1 saturated heterocycles. The molecule has 0 aromatic heterocycles. The molecule has 0 aromatic carbocycles. The van der Waals surface area contributed by atoms with E-state index >= 15 is 0 Å². The molecule has 0 spiro atoms. The zero-order valence-electron chi connectivity index (χ0n) is 7.91. The van der Waals surface area contributed by atoms with Gasteiger partial charge in [-0.2, -0.15) is 0 Å². The molecule has 0 saturated carbocycles. The monoisotopic (exact) mass is 172 g/mol. The molecule has 4 heteroatoms. The van der Waals surface area contributed by atoms with Gasteiger partial charge in [-0.05, 0) is 19.8 Å². The van der Waals surface area contributed by atoms with Gasteiger partial charge in [-0.1, -0.05) is 13.3 Å². The zero-order valence-corrected chi connectivity index (χ0v) is 7.91. The summed E-state index contributed by atoms with van der Waals surface area (Å²) in [6.07, 6.45) is 3.44. The minimum atomic E-state index is -0.416. The van der Waals surface area contributed by atoms with E-state index in [0.717, 1.165) is 32.5 Å². The van der Waals surface area contributed by atoms with Crippen molar-refractivity contribution in [2.24, 2.45) is 0 Å². The summed E-state index contributed by atoms with van der Waals surface area (Å²) in [6, 6.07) is 0. The minimum Gasteiger partial charge on any atom is -0.386 e. The summed E-state index contributed by atoms with van der Waals surface area (Å²) in [6.45, 7) is 5.65. The van der Waals surface area contributed by atoms with E-state index in [-0.39, 0.29) is 6.10 Å². The van der Waals surface area contributed by atoms with E-state index in [2.05, 4.69) is 6.92 Å². The Bertz CT molecular complexity index is 121. The molecule has 1 aliphatic heterocycles. The van der Waals surface area contributed by atoms with Crippen molar-refractivity contribution in [1.29, 1.82) is 0 Å². The number of hydrogen-bond donors (Lipinski definition) is 0. The summed E-state index contributed by atoms with van der Waals surface area (Å²) < 4.78 is 16.0. The zero-order chi connectivity index (χ0) is 8.81. The van der Waals surface area contributed by atoms with Crippen molar-refractivity contribution >= 4 is 7.32 Å². The molecule has 3 nitrogen and oxygen atoms in total. The van der Waals surface area contributed by atoms with Crippen molar-refractivity contribution in [3.63, 3.8) is 0 Å². The molecule has 1 fully saturated rings. The Hall–Kier alpha value is -0.0551. The van der Waals surface area contributed by atoms with Gasteiger partial charge < -0.3 is 14.0 Å². The maximum atomic E-state index is 5.39. The molecule has 0 radical (unpaired) electrons. The lowest BCUT2D eigenvalue weighted by molar-refractivity contribution is 0.0145. The molecule has 0 aromatic rings. The molecule has 0 N–H and O–H groups in total. The maximum Gasteiger partial charge on any atom is 0.639 e. The first-order valence-corrected chi connectivity index (χ1v) is 4.71. The topological polar surface area (TPSA) is 27.7 Å². The number of rotatable bonds is 4. The van der Waals surface area contributed by atoms with Gasteiger partial charge in [0.15, 0.2) is 0 Å². The summed E-state index contributed by atoms with van der Waals surface area (Å²) >= 11 is 0. The molecule has 0 aliphatic carbocycles. The van der Waals surface area contributed by atoms with Crippen LogP contribution in [0.2, 0.25) is 0 Å². The third-order valence-corrected chi connectivity index (χ3v) is 1.87. The molecular formula is C8H17BO3. The van der Waals surface area contributed by atoms with Gasteiger partial charge in [0.1, 0.15) is 0 Å². The van der Waals surface area contributed by atoms with E-state index in [9.17, 15) is 0 Å². The number of unbranched alkanes of at least 4 members (excludes halogenated alkanes) is 1. The van der Waals surface area contributed by atoms with Crippen LogP contribution in [0.5, 0.6) is 0 Å². The second-order valence-electron chi connectivity index (χ2n) is 3.12. The van der Waals surface area contributed by atoms with Crippen LogP contribution in [-0.2, 0) is 14.0 Å². The predicted octanol–water partition coefficient (Wildman–Crippen LogP) is 1.61. The predicted molar refractivity (Wildman–Crippen MR) is 47.7 cm³/mol. The highest BCUT2D eigenvalue weighted by Crippen LogP contribution is 2.09. The first kappa shape index (κ1) is 10.0. The highest BCUT2D eigenvalue weighted by atomic mass is 16.7. The van der Waals surface area contributed by atoms with Crippen LogP contribution in [0, 0.1) is 0 Å². The van der Waals surface area contributed by atoms with E-state index in [4.69, 9.17) is 14.0 Å². The summed E-state index contributed by atoms with van der Waals surface area (Å²) in [5, 5.41) is 0. The Morgan fingerprint density at radius 2 is 2.42 bits per heavy atom. The molecule has 1 aliphatic rings. The van der Waals surface area contributed by atoms with Crippen LogP contribution in [0.25, 0.3) is 0 Å². The molecular weight excluding hydrogens is 155 g/mol. The van der Waals surface area contributed by atoms with Crippen LogP contribution in [0.4, 0.5) is 0 Å². The second kappa shape index (κ2) is 5.57. The molecule has 1 atom stereocenters. The lowest BCUT2D eigenvalue weighted by Crippen LogP contribution is -2.37. The van der Waals surface area contributed by atoms with Gasteiger partial charge in [0.05, 0.1) is 0 Å². The van der Waals surface area contributed by atoms with Crippen molar-refractivity contribution in [2.75, 3.05) is 13.2 Å². The van der Waals surface area contributed by atoms with E-state index in [1.807, 2.05) is 6.92 Å². The fourth-order valence-corrected chi connectivity index (χ4v) is 1.04. The Morgan fingerprint density at radius 3 is 3.08 bits per heavy atom. The van der Waals surface area contributed by atoms with Crippen molar-refractivity contribution in [3.8, 4) is 0 Å². The van der Waals surface area contributed by atoms with Crippen molar-refractivity contribution < 1.29 is 14.0 Å². The van der Waals surface area contributed by atoms with Gasteiger partial charge in [0, 0.05) is 19.3 Å². The first-order valence-electron chi connectivity index (χ1n) is 4.71. The first-order chi connectivity index (χ1) is 5.83. The normalized spacial score (nSPS) is 24.5. The molecule has 0 amide bonds. The van der Waals surface area contributed by atoms with Crippen molar-refractivity contribution in [1.82, 2.24) is 0 Å². The van der Waals surface area contributed by atoms with Crippen LogP contribution in [0.1, 0.15) is 33.1 Å². The largest absolute Gasteiger partial charge is 0.639 e. The third-order valence-electron chi connectivity index (χ3n) is 1.87. The van der Waals surface area contributed by atoms with E-state index in [0.29, 0.717) is 0 Å². The third kappa shape index (κ3) is 3.56. The fourth-order valence-electron chi connectivity index (χ4n) is 1.04. The smallest absolute Gasteiger partial charge is 0.386 e. The van der Waals surface area contributed by atoms with Gasteiger partial charge in [0.2, 0.25) is 0 Å². The maximum absolute atomic E-state index is 5.39. The molecule has 1 heterocycles. The van der Waals surface area contributed by atoms with Crippen molar-refractivity contribution in [3.05, 3.63) is 0 Å². The highest BCUT2D eigenvalue weighted by molar-refractivity contribution is 6.36. The molecule has 0 bridgehead atoms. The molecule has 12 heavy (non-hydrogen) atoms. The highest BCUT2D eigenvalue weighted by Gasteiger charge is 2.27. The fraction of sp³-hybridized carbons (Fsp3) is 1.00. The van der Waals surface area contributed by atoms with Crippen LogP contribution < -0.4 is 0 Å². The number of hydrogen-bond acceptors (Lipinski definition) is 3. The minimum absolute atomic E-state index is 0.269. The Balaban J connectivity index is 2.06. The Kier molecular flexibility index (Phi) is 4.65. The van der Waals surface area contributed by atoms with Crippen LogP contribution in [0.15, 0.2) is 0 Å². The Morgan fingerprint density at radius 1 is 1.58 bits per heavy atom. The second-order valence-corrected chi connectivity index (χ2v) is 3.12. The van der Waals surface area contributed by atoms with Crippen molar-refractivity contribution in [2.45, 2.75) is 39.2 Å². The van der Waals surface area contributed by atoms with Crippen LogP contribution in [0.3, 0.4) is 0 Å². The molecule has 70 valence electrons. The summed E-state index contributed by atoms with van der Waals surface area (Å²) in [5.41, 5.74) is 0. The van der Waals surface area contributed by atoms with E-state index in [1.165, 1.54) is 0 Å². The average molecular weight is 172 g/mol. The molecule has 1 rings (SSSR count). The molecule has 1 unspecified atom stereocenters. The van der Waals surface area contributed by atoms with E-state index in [1.54, 1.807) is 0 Å².